The van der Waals surface area contributed by atoms with Gasteiger partial charge in [0.05, 0.1) is 11.5 Å². The van der Waals surface area contributed by atoms with Crippen molar-refractivity contribution in [1.82, 2.24) is 16.0 Å². The highest BCUT2D eigenvalue weighted by Gasteiger charge is 2.48. The lowest BCUT2D eigenvalue weighted by molar-refractivity contribution is -0.179. The van der Waals surface area contributed by atoms with E-state index in [0.29, 0.717) is 5.02 Å². The third-order valence-electron chi connectivity index (χ3n) is 9.78. The largest absolute Gasteiger partial charge is 0.460 e. The maximum atomic E-state index is 13.8. The van der Waals surface area contributed by atoms with Crippen molar-refractivity contribution in [2.45, 2.75) is 124 Å². The molecule has 0 spiro atoms. The molecular weight excluding hydrogens is 782 g/mol. The van der Waals surface area contributed by atoms with Crippen LogP contribution in [-0.4, -0.2) is 78.9 Å². The normalized spacial score (nSPS) is 23.8. The zero-order chi connectivity index (χ0) is 43.7. The molecule has 0 saturated carbocycles. The van der Waals surface area contributed by atoms with Gasteiger partial charge in [0, 0.05) is 30.3 Å². The number of hydrogen-bond acceptors (Lipinski definition) is 11. The first-order valence-corrected chi connectivity index (χ1v) is 20.3. The summed E-state index contributed by atoms with van der Waals surface area (Å²) in [5, 5.41) is 8.45. The van der Waals surface area contributed by atoms with Gasteiger partial charge in [-0.1, -0.05) is 74.8 Å². The van der Waals surface area contributed by atoms with Crippen LogP contribution in [0.15, 0.2) is 54.6 Å². The van der Waals surface area contributed by atoms with Crippen LogP contribution in [0.2, 0.25) is 5.02 Å². The van der Waals surface area contributed by atoms with Crippen molar-refractivity contribution in [2.24, 2.45) is 17.3 Å². The Morgan fingerprint density at radius 1 is 1.00 bits per heavy atom. The van der Waals surface area contributed by atoms with E-state index < -0.39 is 65.1 Å². The molecule has 0 radical (unpaired) electrons. The number of carbonyl (C=O) groups excluding carboxylic acids is 6. The molecule has 322 valence electrons. The number of epoxide rings is 1. The van der Waals surface area contributed by atoms with Crippen LogP contribution in [0.1, 0.15) is 96.6 Å². The number of nitrogens with one attached hydrogen (secondary N) is 3. The molecule has 0 bridgehead atoms. The zero-order valence-electron chi connectivity index (χ0n) is 35.3. The lowest BCUT2D eigenvalue weighted by atomic mass is 9.92. The fraction of sp³-hybridized carbons (Fsp3) is 0.545. The lowest BCUT2D eigenvalue weighted by Crippen LogP contribution is -2.51. The van der Waals surface area contributed by atoms with Crippen LogP contribution < -0.4 is 16.0 Å². The van der Waals surface area contributed by atoms with E-state index in [0.717, 1.165) is 22.3 Å². The second kappa shape index (κ2) is 20.3. The molecular formula is C44H58ClN3O11. The van der Waals surface area contributed by atoms with Crippen molar-refractivity contribution in [3.63, 3.8) is 0 Å². The highest BCUT2D eigenvalue weighted by Crippen LogP contribution is 2.45. The summed E-state index contributed by atoms with van der Waals surface area (Å²) in [6.07, 6.45) is -0.0371. The van der Waals surface area contributed by atoms with Gasteiger partial charge in [-0.15, -0.1) is 0 Å². The lowest BCUT2D eigenvalue weighted by Gasteiger charge is -2.29. The SMILES string of the molecule is Cc1ccc(CC2NC(=O)/C=C/CC(C(C)C3OC3c3ccc(COC(=O)CNC(=O)OC(C)(C)C)cc3)OC(=O)C(CC(C)C)OC(=O)C(C)(C)CNC2=O)cc1Cl. The minimum Gasteiger partial charge on any atom is -0.460 e. The molecule has 2 aromatic rings. The number of amides is 3. The minimum absolute atomic E-state index is 0.0105. The fourth-order valence-electron chi connectivity index (χ4n) is 6.23. The first-order chi connectivity index (χ1) is 27.6. The molecule has 2 aromatic carbocycles. The molecule has 1 saturated heterocycles. The molecule has 3 N–H and O–H groups in total. The van der Waals surface area contributed by atoms with E-state index in [1.165, 1.54) is 6.08 Å². The summed E-state index contributed by atoms with van der Waals surface area (Å²) in [7, 11) is 0. The van der Waals surface area contributed by atoms with E-state index in [2.05, 4.69) is 16.0 Å². The summed E-state index contributed by atoms with van der Waals surface area (Å²) < 4.78 is 28.4. The third-order valence-corrected chi connectivity index (χ3v) is 10.2. The Labute approximate surface area is 351 Å². The molecule has 15 heteroatoms. The molecule has 6 atom stereocenters. The molecule has 6 unspecified atom stereocenters. The molecule has 59 heavy (non-hydrogen) atoms. The van der Waals surface area contributed by atoms with Crippen LogP contribution in [0.5, 0.6) is 0 Å². The van der Waals surface area contributed by atoms with E-state index in [1.807, 2.05) is 52.0 Å². The van der Waals surface area contributed by atoms with Crippen LogP contribution >= 0.6 is 11.6 Å². The van der Waals surface area contributed by atoms with E-state index >= 15 is 0 Å². The zero-order valence-corrected chi connectivity index (χ0v) is 36.1. The van der Waals surface area contributed by atoms with Gasteiger partial charge in [-0.2, -0.15) is 0 Å². The summed E-state index contributed by atoms with van der Waals surface area (Å²) in [6, 6.07) is 11.7. The number of carbonyl (C=O) groups is 6. The molecule has 4 rings (SSSR count). The van der Waals surface area contributed by atoms with E-state index in [9.17, 15) is 28.8 Å². The molecule has 3 amide bonds. The second-order valence-electron chi connectivity index (χ2n) is 17.2. The Bertz CT molecular complexity index is 1870. The van der Waals surface area contributed by atoms with Crippen LogP contribution in [0.4, 0.5) is 4.79 Å². The standard InChI is InChI=1S/C44H58ClN3O11/c1-25(2)19-34-40(52)56-33(27(4)37-38(58-37)30-17-15-28(16-18-30)23-55-36(50)22-46-42(54)59-43(5,6)7)11-10-12-35(49)48-32(21-29-14-13-26(3)31(45)20-29)39(51)47-24-44(8,9)41(53)57-34/h10,12-18,20,25,27,32-34,37-38H,11,19,21-24H2,1-9H3,(H,46,54)(H,47,51)(H,48,49)/b12-10+. The average Bonchev–Trinajstić information content (AvgIpc) is 3.95. The monoisotopic (exact) mass is 839 g/mol. The third kappa shape index (κ3) is 14.7. The second-order valence-corrected chi connectivity index (χ2v) is 17.6. The van der Waals surface area contributed by atoms with Crippen LogP contribution in [0.25, 0.3) is 0 Å². The molecule has 0 aliphatic carbocycles. The van der Waals surface area contributed by atoms with Crippen LogP contribution in [0.3, 0.4) is 0 Å². The van der Waals surface area contributed by atoms with Gasteiger partial charge in [0.2, 0.25) is 11.8 Å². The Balaban J connectivity index is 1.48. The Kier molecular flexibility index (Phi) is 16.1. The summed E-state index contributed by atoms with van der Waals surface area (Å²) in [5.74, 6) is -3.46. The number of hydrogen-bond donors (Lipinski definition) is 3. The van der Waals surface area contributed by atoms with Gasteiger partial charge in [0.1, 0.15) is 37.0 Å². The molecule has 1 fully saturated rings. The van der Waals surface area contributed by atoms with Gasteiger partial charge in [-0.05, 0) is 88.3 Å². The highest BCUT2D eigenvalue weighted by molar-refractivity contribution is 6.31. The Morgan fingerprint density at radius 2 is 1.68 bits per heavy atom. The number of rotatable bonds is 11. The molecule has 14 nitrogen and oxygen atoms in total. The predicted octanol–water partition coefficient (Wildman–Crippen LogP) is 5.99. The van der Waals surface area contributed by atoms with Crippen molar-refractivity contribution in [1.29, 1.82) is 0 Å². The van der Waals surface area contributed by atoms with Crippen LogP contribution in [0, 0.1) is 24.2 Å². The Hall–Kier alpha value is -4.95. The van der Waals surface area contributed by atoms with Crippen molar-refractivity contribution in [2.75, 3.05) is 13.1 Å². The number of aryl methyl sites for hydroxylation is 1. The summed E-state index contributed by atoms with van der Waals surface area (Å²) >= 11 is 6.35. The molecule has 2 heterocycles. The summed E-state index contributed by atoms with van der Waals surface area (Å²) in [6.45, 7) is 15.4. The van der Waals surface area contributed by atoms with Gasteiger partial charge in [-0.3, -0.25) is 19.2 Å². The molecule has 2 aliphatic rings. The summed E-state index contributed by atoms with van der Waals surface area (Å²) in [4.78, 5) is 78.1. The number of ether oxygens (including phenoxy) is 5. The highest BCUT2D eigenvalue weighted by atomic mass is 35.5. The van der Waals surface area contributed by atoms with E-state index in [4.69, 9.17) is 35.3 Å². The van der Waals surface area contributed by atoms with Crippen molar-refractivity contribution in [3.05, 3.63) is 81.9 Å². The van der Waals surface area contributed by atoms with Gasteiger partial charge in [-0.25, -0.2) is 9.59 Å². The first kappa shape index (κ1) is 46.7. The number of benzene rings is 2. The number of esters is 3. The number of alkyl carbamates (subject to hydrolysis) is 1. The van der Waals surface area contributed by atoms with Gasteiger partial charge in [0.25, 0.3) is 0 Å². The maximum absolute atomic E-state index is 13.8. The predicted molar refractivity (Wildman–Crippen MR) is 219 cm³/mol. The average molecular weight is 840 g/mol. The quantitative estimate of drug-likeness (QED) is 0.137. The topological polar surface area (TPSA) is 188 Å². The van der Waals surface area contributed by atoms with Crippen molar-refractivity contribution < 1.29 is 52.5 Å². The van der Waals surface area contributed by atoms with E-state index in [-0.39, 0.29) is 63.0 Å². The summed E-state index contributed by atoms with van der Waals surface area (Å²) in [5.41, 5.74) is 1.24. The first-order valence-electron chi connectivity index (χ1n) is 19.9. The van der Waals surface area contributed by atoms with Crippen molar-refractivity contribution in [3.8, 4) is 0 Å². The molecule has 2 aliphatic heterocycles. The van der Waals surface area contributed by atoms with Gasteiger partial charge in [0.15, 0.2) is 6.10 Å². The van der Waals surface area contributed by atoms with E-state index in [1.54, 1.807) is 58.9 Å². The minimum atomic E-state index is -1.23. The smallest absolute Gasteiger partial charge is 0.408 e. The number of cyclic esters (lactones) is 2. The fourth-order valence-corrected chi connectivity index (χ4v) is 6.43. The maximum Gasteiger partial charge on any atom is 0.408 e. The van der Waals surface area contributed by atoms with Crippen molar-refractivity contribution >= 4 is 47.4 Å². The molecule has 0 aromatic heterocycles. The van der Waals surface area contributed by atoms with Gasteiger partial charge >= 0.3 is 24.0 Å². The van der Waals surface area contributed by atoms with Gasteiger partial charge < -0.3 is 39.6 Å². The number of halogens is 1. The Morgan fingerprint density at radius 3 is 2.32 bits per heavy atom. The van der Waals surface area contributed by atoms with Crippen LogP contribution in [-0.2, 0) is 60.7 Å².